The van der Waals surface area contributed by atoms with Crippen LogP contribution in [0.2, 0.25) is 0 Å². The van der Waals surface area contributed by atoms with Gasteiger partial charge in [0.25, 0.3) is 0 Å². The predicted octanol–water partition coefficient (Wildman–Crippen LogP) is 0.439. The third-order valence-corrected chi connectivity index (χ3v) is 4.09. The van der Waals surface area contributed by atoms with Crippen LogP contribution in [0.3, 0.4) is 0 Å². The summed E-state index contributed by atoms with van der Waals surface area (Å²) in [6.07, 6.45) is 5.19. The second kappa shape index (κ2) is 7.82. The average Bonchev–Trinajstić information content (AvgIpc) is 2.82. The Hall–Kier alpha value is -0.650. The Bertz CT molecular complexity index is 280. The van der Waals surface area contributed by atoms with E-state index < -0.39 is 0 Å². The molecular formula is C14H27N3O2. The number of nitrogens with two attached hydrogens (primary N) is 1. The van der Waals surface area contributed by atoms with E-state index in [0.717, 1.165) is 65.0 Å². The highest BCUT2D eigenvalue weighted by Crippen LogP contribution is 2.17. The van der Waals surface area contributed by atoms with Gasteiger partial charge in [-0.25, -0.2) is 0 Å². The molecule has 0 aromatic heterocycles. The Labute approximate surface area is 116 Å². The van der Waals surface area contributed by atoms with Gasteiger partial charge in [-0.15, -0.1) is 0 Å². The molecule has 110 valence electrons. The van der Waals surface area contributed by atoms with Crippen LogP contribution in [0.25, 0.3) is 0 Å². The summed E-state index contributed by atoms with van der Waals surface area (Å²) in [6.45, 7) is 6.28. The van der Waals surface area contributed by atoms with Crippen molar-refractivity contribution in [3.05, 3.63) is 0 Å². The second-order valence-electron chi connectivity index (χ2n) is 5.54. The summed E-state index contributed by atoms with van der Waals surface area (Å²) in [7, 11) is 0. The zero-order valence-electron chi connectivity index (χ0n) is 11.9. The van der Waals surface area contributed by atoms with Gasteiger partial charge in [0, 0.05) is 45.8 Å². The quantitative estimate of drug-likeness (QED) is 0.787. The molecule has 2 aliphatic heterocycles. The first kappa shape index (κ1) is 14.8. The predicted molar refractivity (Wildman–Crippen MR) is 74.9 cm³/mol. The van der Waals surface area contributed by atoms with E-state index in [-0.39, 0.29) is 0 Å². The highest BCUT2D eigenvalue weighted by atomic mass is 16.5. The molecule has 2 aliphatic rings. The Kier molecular flexibility index (Phi) is 6.07. The van der Waals surface area contributed by atoms with E-state index in [1.54, 1.807) is 0 Å². The lowest BCUT2D eigenvalue weighted by atomic mass is 10.1. The molecule has 0 saturated carbocycles. The molecule has 1 atom stereocenters. The van der Waals surface area contributed by atoms with Crippen LogP contribution in [-0.4, -0.2) is 67.7 Å². The van der Waals surface area contributed by atoms with Gasteiger partial charge in [0.1, 0.15) is 0 Å². The van der Waals surface area contributed by atoms with Crippen molar-refractivity contribution in [2.75, 3.05) is 45.9 Å². The molecule has 0 spiro atoms. The van der Waals surface area contributed by atoms with Gasteiger partial charge in [-0.3, -0.25) is 4.79 Å². The first-order chi connectivity index (χ1) is 9.29. The zero-order chi connectivity index (χ0) is 13.5. The Morgan fingerprint density at radius 1 is 1.21 bits per heavy atom. The SMILES string of the molecule is NCCN1CCCN(C(=O)CCC2CCCO2)CC1. The van der Waals surface area contributed by atoms with E-state index in [0.29, 0.717) is 25.0 Å². The van der Waals surface area contributed by atoms with Crippen molar-refractivity contribution in [2.24, 2.45) is 5.73 Å². The molecule has 2 heterocycles. The first-order valence-corrected chi connectivity index (χ1v) is 7.61. The summed E-state index contributed by atoms with van der Waals surface area (Å²) >= 11 is 0. The van der Waals surface area contributed by atoms with Crippen LogP contribution in [0.1, 0.15) is 32.1 Å². The summed E-state index contributed by atoms with van der Waals surface area (Å²) in [5.41, 5.74) is 5.59. The number of hydrogen-bond donors (Lipinski definition) is 1. The van der Waals surface area contributed by atoms with Gasteiger partial charge in [0.15, 0.2) is 0 Å². The number of amides is 1. The lowest BCUT2D eigenvalue weighted by molar-refractivity contribution is -0.131. The van der Waals surface area contributed by atoms with E-state index in [9.17, 15) is 4.79 Å². The highest BCUT2D eigenvalue weighted by Gasteiger charge is 2.21. The highest BCUT2D eigenvalue weighted by molar-refractivity contribution is 5.76. The number of carbonyl (C=O) groups excluding carboxylic acids is 1. The molecule has 0 aliphatic carbocycles. The third kappa shape index (κ3) is 4.75. The normalized spacial score (nSPS) is 25.5. The maximum atomic E-state index is 12.2. The van der Waals surface area contributed by atoms with Gasteiger partial charge in [-0.2, -0.15) is 0 Å². The molecule has 0 aromatic carbocycles. The van der Waals surface area contributed by atoms with Crippen molar-refractivity contribution in [1.29, 1.82) is 0 Å². The molecule has 1 unspecified atom stereocenters. The van der Waals surface area contributed by atoms with E-state index in [2.05, 4.69) is 4.90 Å². The van der Waals surface area contributed by atoms with E-state index in [1.165, 1.54) is 0 Å². The topological polar surface area (TPSA) is 58.8 Å². The summed E-state index contributed by atoms with van der Waals surface area (Å²) in [5, 5.41) is 0. The molecule has 0 bridgehead atoms. The lowest BCUT2D eigenvalue weighted by Gasteiger charge is -2.22. The largest absolute Gasteiger partial charge is 0.378 e. The van der Waals surface area contributed by atoms with E-state index in [1.807, 2.05) is 4.90 Å². The molecule has 5 heteroatoms. The molecule has 2 N–H and O–H groups in total. The van der Waals surface area contributed by atoms with Crippen LogP contribution < -0.4 is 5.73 Å². The number of hydrogen-bond acceptors (Lipinski definition) is 4. The zero-order valence-corrected chi connectivity index (χ0v) is 11.9. The van der Waals surface area contributed by atoms with Crippen molar-refractivity contribution in [3.8, 4) is 0 Å². The van der Waals surface area contributed by atoms with Gasteiger partial charge in [0.05, 0.1) is 6.10 Å². The van der Waals surface area contributed by atoms with Crippen LogP contribution in [0.15, 0.2) is 0 Å². The smallest absolute Gasteiger partial charge is 0.222 e. The molecule has 0 aromatic rings. The molecule has 2 rings (SSSR count). The van der Waals surface area contributed by atoms with Crippen molar-refractivity contribution >= 4 is 5.91 Å². The lowest BCUT2D eigenvalue weighted by Crippen LogP contribution is -2.36. The van der Waals surface area contributed by atoms with E-state index in [4.69, 9.17) is 10.5 Å². The second-order valence-corrected chi connectivity index (χ2v) is 5.54. The van der Waals surface area contributed by atoms with Gasteiger partial charge in [0.2, 0.25) is 5.91 Å². The van der Waals surface area contributed by atoms with Crippen LogP contribution in [0.4, 0.5) is 0 Å². The fourth-order valence-electron chi connectivity index (χ4n) is 2.94. The molecule has 1 amide bonds. The van der Waals surface area contributed by atoms with Gasteiger partial charge in [-0.05, 0) is 32.2 Å². The summed E-state index contributed by atoms with van der Waals surface area (Å²) in [6, 6.07) is 0. The van der Waals surface area contributed by atoms with Crippen molar-refractivity contribution in [2.45, 2.75) is 38.2 Å². The minimum atomic E-state index is 0.296. The molecule has 2 saturated heterocycles. The summed E-state index contributed by atoms with van der Waals surface area (Å²) in [4.78, 5) is 16.6. The van der Waals surface area contributed by atoms with Crippen LogP contribution in [0.5, 0.6) is 0 Å². The minimum Gasteiger partial charge on any atom is -0.378 e. The summed E-state index contributed by atoms with van der Waals surface area (Å²) in [5.74, 6) is 0.296. The number of carbonyl (C=O) groups is 1. The maximum Gasteiger partial charge on any atom is 0.222 e. The van der Waals surface area contributed by atoms with Gasteiger partial charge < -0.3 is 20.3 Å². The average molecular weight is 269 g/mol. The van der Waals surface area contributed by atoms with Crippen LogP contribution in [0, 0.1) is 0 Å². The maximum absolute atomic E-state index is 12.2. The van der Waals surface area contributed by atoms with E-state index >= 15 is 0 Å². The number of nitrogens with zero attached hydrogens (tertiary/aromatic N) is 2. The Morgan fingerprint density at radius 2 is 2.11 bits per heavy atom. The van der Waals surface area contributed by atoms with Gasteiger partial charge >= 0.3 is 0 Å². The fraction of sp³-hybridized carbons (Fsp3) is 0.929. The standard InChI is InChI=1S/C14H27N3O2/c15-6-9-16-7-2-8-17(11-10-16)14(18)5-4-13-3-1-12-19-13/h13H,1-12,15H2. The number of rotatable bonds is 5. The Balaban J connectivity index is 1.69. The van der Waals surface area contributed by atoms with Crippen molar-refractivity contribution in [1.82, 2.24) is 9.80 Å². The molecule has 19 heavy (non-hydrogen) atoms. The third-order valence-electron chi connectivity index (χ3n) is 4.09. The monoisotopic (exact) mass is 269 g/mol. The van der Waals surface area contributed by atoms with Crippen LogP contribution >= 0.6 is 0 Å². The molecular weight excluding hydrogens is 242 g/mol. The summed E-state index contributed by atoms with van der Waals surface area (Å²) < 4.78 is 5.57. The number of ether oxygens (including phenoxy) is 1. The first-order valence-electron chi connectivity index (χ1n) is 7.61. The minimum absolute atomic E-state index is 0.296. The van der Waals surface area contributed by atoms with Crippen LogP contribution in [-0.2, 0) is 9.53 Å². The Morgan fingerprint density at radius 3 is 2.84 bits per heavy atom. The molecule has 5 nitrogen and oxygen atoms in total. The molecule has 0 radical (unpaired) electrons. The van der Waals surface area contributed by atoms with Gasteiger partial charge in [-0.1, -0.05) is 0 Å². The van der Waals surface area contributed by atoms with Crippen molar-refractivity contribution in [3.63, 3.8) is 0 Å². The van der Waals surface area contributed by atoms with Crippen molar-refractivity contribution < 1.29 is 9.53 Å². The molecule has 2 fully saturated rings. The fourth-order valence-corrected chi connectivity index (χ4v) is 2.94.